The molecule has 9 heteroatoms. The van der Waals surface area contributed by atoms with Crippen LogP contribution in [0.25, 0.3) is 0 Å². The third kappa shape index (κ3) is 10.8. The molecule has 0 spiro atoms. The van der Waals surface area contributed by atoms with Crippen LogP contribution in [-0.4, -0.2) is 104 Å². The van der Waals surface area contributed by atoms with E-state index in [1.807, 2.05) is 6.92 Å². The minimum absolute atomic E-state index is 0.00570. The second kappa shape index (κ2) is 20.2. The highest BCUT2D eigenvalue weighted by Gasteiger charge is 2.50. The predicted octanol–water partition coefficient (Wildman–Crippen LogP) is 4.86. The quantitative estimate of drug-likeness (QED) is 0.195. The molecule has 0 aromatic heterocycles. The normalized spacial score (nSPS) is 30.7. The van der Waals surface area contributed by atoms with Gasteiger partial charge in [-0.2, -0.15) is 0 Å². The summed E-state index contributed by atoms with van der Waals surface area (Å²) in [7, 11) is 0. The van der Waals surface area contributed by atoms with Gasteiger partial charge in [0, 0.05) is 39.4 Å². The maximum atomic E-state index is 12.5. The molecule has 5 unspecified atom stereocenters. The summed E-state index contributed by atoms with van der Waals surface area (Å²) < 4.78 is 38.4. The summed E-state index contributed by atoms with van der Waals surface area (Å²) in [5.74, 6) is -0.0512. The average Bonchev–Trinajstić information content (AvgIpc) is 3.27. The van der Waals surface area contributed by atoms with Crippen LogP contribution in [0.5, 0.6) is 0 Å². The minimum Gasteiger partial charge on any atom is -0.391 e. The maximum absolute atomic E-state index is 12.5. The molecule has 2 rings (SSSR count). The SMILES string of the molecule is CCCCOCC1OC(OC[C@H]2[C@H](O)C[C@H](CC)N2C(C)=O)C(OCCCC)C(OCCCC)C1OCCCC. The Morgan fingerprint density at radius 2 is 1.32 bits per heavy atom. The molecular weight excluding hydrogens is 514 g/mol. The van der Waals surface area contributed by atoms with E-state index in [4.69, 9.17) is 28.4 Å². The number of unbranched alkanes of at least 4 members (excludes halogenated alkanes) is 4. The van der Waals surface area contributed by atoms with Gasteiger partial charge < -0.3 is 38.4 Å². The van der Waals surface area contributed by atoms with Crippen molar-refractivity contribution >= 4 is 5.91 Å². The Morgan fingerprint density at radius 1 is 0.775 bits per heavy atom. The lowest BCUT2D eigenvalue weighted by atomic mass is 9.98. The summed E-state index contributed by atoms with van der Waals surface area (Å²) >= 11 is 0. The van der Waals surface area contributed by atoms with Gasteiger partial charge in [-0.3, -0.25) is 4.79 Å². The zero-order valence-corrected chi connectivity index (χ0v) is 26.2. The van der Waals surface area contributed by atoms with Crippen LogP contribution in [0.4, 0.5) is 0 Å². The number of amides is 1. The number of likely N-dealkylation sites (tertiary alicyclic amines) is 1. The third-order valence-corrected chi connectivity index (χ3v) is 7.91. The molecule has 8 atom stereocenters. The summed E-state index contributed by atoms with van der Waals surface area (Å²) in [4.78, 5) is 14.3. The number of aliphatic hydroxyl groups excluding tert-OH is 1. The zero-order valence-electron chi connectivity index (χ0n) is 26.2. The number of hydrogen-bond donors (Lipinski definition) is 1. The standard InChI is InChI=1S/C31H59NO8/c1-7-12-16-35-22-27-28(36-17-13-8-2)29(37-18-14-9-3)30(38-19-15-10-4)31(40-27)39-21-25-26(34)20-24(11-5)32(25)23(6)33/h24-31,34H,7-22H2,1-6H3/t24-,25-,26+,27?,28?,29?,30?,31?/m0/s1. The van der Waals surface area contributed by atoms with Gasteiger partial charge in [-0.15, -0.1) is 0 Å². The Morgan fingerprint density at radius 3 is 1.88 bits per heavy atom. The van der Waals surface area contributed by atoms with E-state index in [0.29, 0.717) is 39.5 Å². The van der Waals surface area contributed by atoms with Crippen molar-refractivity contribution < 1.29 is 38.3 Å². The predicted molar refractivity (Wildman–Crippen MR) is 155 cm³/mol. The topological polar surface area (TPSA) is 95.9 Å². The Labute approximate surface area is 243 Å². The number of rotatable bonds is 21. The smallest absolute Gasteiger partial charge is 0.220 e. The second-order valence-electron chi connectivity index (χ2n) is 11.2. The van der Waals surface area contributed by atoms with Crippen LogP contribution in [0.2, 0.25) is 0 Å². The number of aliphatic hydroxyl groups is 1. The largest absolute Gasteiger partial charge is 0.391 e. The fourth-order valence-corrected chi connectivity index (χ4v) is 5.50. The fraction of sp³-hybridized carbons (Fsp3) is 0.968. The number of nitrogens with zero attached hydrogens (tertiary/aromatic N) is 1. The van der Waals surface area contributed by atoms with Crippen LogP contribution < -0.4 is 0 Å². The van der Waals surface area contributed by atoms with Crippen LogP contribution >= 0.6 is 0 Å². The first-order chi connectivity index (χ1) is 19.4. The zero-order chi connectivity index (χ0) is 29.3. The number of ether oxygens (including phenoxy) is 6. The van der Waals surface area contributed by atoms with Gasteiger partial charge in [-0.1, -0.05) is 60.3 Å². The summed E-state index contributed by atoms with van der Waals surface area (Å²) in [5.41, 5.74) is 0. The van der Waals surface area contributed by atoms with Crippen LogP contribution in [-0.2, 0) is 33.2 Å². The Balaban J connectivity index is 2.30. The average molecular weight is 574 g/mol. The van der Waals surface area contributed by atoms with Crippen molar-refractivity contribution in [3.05, 3.63) is 0 Å². The molecule has 0 radical (unpaired) electrons. The first-order valence-electron chi connectivity index (χ1n) is 16.1. The fourth-order valence-electron chi connectivity index (χ4n) is 5.50. The van der Waals surface area contributed by atoms with Gasteiger partial charge in [-0.05, 0) is 38.5 Å². The van der Waals surface area contributed by atoms with Gasteiger partial charge in [0.1, 0.15) is 24.4 Å². The molecule has 2 aliphatic rings. The van der Waals surface area contributed by atoms with E-state index >= 15 is 0 Å². The van der Waals surface area contributed by atoms with Crippen LogP contribution in [0.3, 0.4) is 0 Å². The van der Waals surface area contributed by atoms with Crippen molar-refractivity contribution in [1.82, 2.24) is 4.90 Å². The summed E-state index contributed by atoms with van der Waals surface area (Å²) in [5, 5.41) is 10.8. The van der Waals surface area contributed by atoms with Crippen LogP contribution in [0.1, 0.15) is 106 Å². The molecule has 0 bridgehead atoms. The van der Waals surface area contributed by atoms with Crippen molar-refractivity contribution in [3.63, 3.8) is 0 Å². The van der Waals surface area contributed by atoms with Crippen LogP contribution in [0.15, 0.2) is 0 Å². The molecule has 0 aliphatic carbocycles. The molecule has 9 nitrogen and oxygen atoms in total. The van der Waals surface area contributed by atoms with E-state index in [1.54, 1.807) is 11.8 Å². The van der Waals surface area contributed by atoms with Gasteiger partial charge >= 0.3 is 0 Å². The number of hydrogen-bond acceptors (Lipinski definition) is 8. The molecule has 2 saturated heterocycles. The molecule has 0 aromatic rings. The summed E-state index contributed by atoms with van der Waals surface area (Å²) in [6.07, 6.45) is 6.20. The Bertz CT molecular complexity index is 667. The van der Waals surface area contributed by atoms with Gasteiger partial charge in [0.15, 0.2) is 6.29 Å². The lowest BCUT2D eigenvalue weighted by Crippen LogP contribution is -2.62. The molecule has 1 N–H and O–H groups in total. The highest BCUT2D eigenvalue weighted by Crippen LogP contribution is 2.32. The van der Waals surface area contributed by atoms with E-state index in [2.05, 4.69) is 27.7 Å². The third-order valence-electron chi connectivity index (χ3n) is 7.91. The van der Waals surface area contributed by atoms with Crippen molar-refractivity contribution in [3.8, 4) is 0 Å². The first kappa shape index (κ1) is 35.4. The number of carbonyl (C=O) groups excluding carboxylic acids is 1. The monoisotopic (exact) mass is 573 g/mol. The van der Waals surface area contributed by atoms with Gasteiger partial charge in [-0.25, -0.2) is 0 Å². The highest BCUT2D eigenvalue weighted by atomic mass is 16.7. The van der Waals surface area contributed by atoms with Crippen molar-refractivity contribution in [1.29, 1.82) is 0 Å². The molecule has 2 heterocycles. The van der Waals surface area contributed by atoms with Crippen LogP contribution in [0, 0.1) is 0 Å². The molecule has 236 valence electrons. The number of carbonyl (C=O) groups is 1. The Hall–Kier alpha value is -0.810. The van der Waals surface area contributed by atoms with Gasteiger partial charge in [0.25, 0.3) is 0 Å². The van der Waals surface area contributed by atoms with E-state index in [1.165, 1.54) is 0 Å². The van der Waals surface area contributed by atoms with E-state index < -0.39 is 30.6 Å². The van der Waals surface area contributed by atoms with Crippen molar-refractivity contribution in [2.24, 2.45) is 0 Å². The van der Waals surface area contributed by atoms with E-state index in [9.17, 15) is 9.90 Å². The lowest BCUT2D eigenvalue weighted by molar-refractivity contribution is -0.325. The second-order valence-corrected chi connectivity index (χ2v) is 11.2. The maximum Gasteiger partial charge on any atom is 0.220 e. The molecule has 2 aliphatic heterocycles. The van der Waals surface area contributed by atoms with Crippen molar-refractivity contribution in [2.75, 3.05) is 39.6 Å². The van der Waals surface area contributed by atoms with Gasteiger partial charge in [0.2, 0.25) is 5.91 Å². The first-order valence-corrected chi connectivity index (χ1v) is 16.1. The molecular formula is C31H59NO8. The van der Waals surface area contributed by atoms with Gasteiger partial charge in [0.05, 0.1) is 25.4 Å². The molecule has 2 fully saturated rings. The highest BCUT2D eigenvalue weighted by molar-refractivity contribution is 5.74. The molecule has 0 saturated carbocycles. The lowest BCUT2D eigenvalue weighted by Gasteiger charge is -2.46. The summed E-state index contributed by atoms with van der Waals surface area (Å²) in [6, 6.07) is -0.425. The molecule has 0 aromatic carbocycles. The Kier molecular flexibility index (Phi) is 17.8. The summed E-state index contributed by atoms with van der Waals surface area (Å²) in [6.45, 7) is 15.1. The minimum atomic E-state index is -0.740. The van der Waals surface area contributed by atoms with E-state index in [0.717, 1.165) is 57.8 Å². The molecule has 40 heavy (non-hydrogen) atoms. The van der Waals surface area contributed by atoms with Crippen molar-refractivity contribution in [2.45, 2.75) is 155 Å². The molecule has 1 amide bonds. The van der Waals surface area contributed by atoms with E-state index in [-0.39, 0.29) is 30.8 Å².